The van der Waals surface area contributed by atoms with Crippen LogP contribution >= 0.6 is 11.6 Å². The van der Waals surface area contributed by atoms with Crippen LogP contribution in [0.3, 0.4) is 0 Å². The number of carbonyl (C=O) groups excluding carboxylic acids is 1. The highest BCUT2D eigenvalue weighted by Crippen LogP contribution is 2.34. The topological polar surface area (TPSA) is 77.2 Å². The Balaban J connectivity index is 2.04. The highest BCUT2D eigenvalue weighted by atomic mass is 35.5. The molecule has 5 nitrogen and oxygen atoms in total. The molecule has 1 amide bonds. The van der Waals surface area contributed by atoms with Gasteiger partial charge in [0.15, 0.2) is 0 Å². The van der Waals surface area contributed by atoms with Gasteiger partial charge in [0.25, 0.3) is 0 Å². The summed E-state index contributed by atoms with van der Waals surface area (Å²) in [5.74, 6) is 0.446. The molecule has 0 aliphatic carbocycles. The molecule has 2 atom stereocenters. The number of ether oxygens (including phenoxy) is 1. The number of anilines is 1. The van der Waals surface area contributed by atoms with Crippen LogP contribution in [0.25, 0.3) is 0 Å². The Kier molecular flexibility index (Phi) is 5.29. The summed E-state index contributed by atoms with van der Waals surface area (Å²) < 4.78 is 5.97. The molecule has 3 N–H and O–H groups in total. The van der Waals surface area contributed by atoms with E-state index in [0.29, 0.717) is 22.3 Å². The number of aromatic nitrogens is 1. The van der Waals surface area contributed by atoms with Gasteiger partial charge in [-0.1, -0.05) is 32.4 Å². The van der Waals surface area contributed by atoms with Gasteiger partial charge in [-0.05, 0) is 24.3 Å². The van der Waals surface area contributed by atoms with Crippen molar-refractivity contribution in [3.05, 3.63) is 22.8 Å². The Morgan fingerprint density at radius 1 is 1.55 bits per heavy atom. The lowest BCUT2D eigenvalue weighted by atomic mass is 9.78. The van der Waals surface area contributed by atoms with Gasteiger partial charge in [-0.15, -0.1) is 0 Å². The van der Waals surface area contributed by atoms with E-state index in [0.717, 1.165) is 26.0 Å². The summed E-state index contributed by atoms with van der Waals surface area (Å²) in [5.41, 5.74) is 5.62. The van der Waals surface area contributed by atoms with E-state index in [2.05, 4.69) is 31.1 Å². The van der Waals surface area contributed by atoms with Crippen LogP contribution in [0.15, 0.2) is 12.3 Å². The summed E-state index contributed by atoms with van der Waals surface area (Å²) in [6.07, 6.45) is 3.83. The quantitative estimate of drug-likeness (QED) is 0.891. The summed E-state index contributed by atoms with van der Waals surface area (Å²) in [7, 11) is 0. The van der Waals surface area contributed by atoms with Gasteiger partial charge in [0.2, 0.25) is 5.91 Å². The van der Waals surface area contributed by atoms with Crippen LogP contribution in [0.1, 0.15) is 44.0 Å². The minimum atomic E-state index is -0.533. The Bertz CT molecular complexity index is 543. The van der Waals surface area contributed by atoms with Gasteiger partial charge in [-0.25, -0.2) is 4.98 Å². The zero-order chi connectivity index (χ0) is 16.3. The summed E-state index contributed by atoms with van der Waals surface area (Å²) in [5, 5.41) is 3.68. The van der Waals surface area contributed by atoms with E-state index in [1.807, 2.05) is 0 Å². The first kappa shape index (κ1) is 17.0. The van der Waals surface area contributed by atoms with E-state index in [1.165, 1.54) is 12.3 Å². The van der Waals surface area contributed by atoms with Crippen LogP contribution in [0.2, 0.25) is 5.02 Å². The Morgan fingerprint density at radius 2 is 2.27 bits per heavy atom. The molecule has 6 heteroatoms. The van der Waals surface area contributed by atoms with Crippen LogP contribution in [0.5, 0.6) is 0 Å². The number of carbonyl (C=O) groups is 1. The molecule has 1 aromatic heterocycles. The van der Waals surface area contributed by atoms with Crippen molar-refractivity contribution in [1.29, 1.82) is 0 Å². The number of nitrogens with one attached hydrogen (secondary N) is 1. The van der Waals surface area contributed by atoms with E-state index in [-0.39, 0.29) is 11.5 Å². The van der Waals surface area contributed by atoms with Gasteiger partial charge in [0.1, 0.15) is 5.82 Å². The fraction of sp³-hybridized carbons (Fsp3) is 0.625. The lowest BCUT2D eigenvalue weighted by Gasteiger charge is -2.40. The highest BCUT2D eigenvalue weighted by molar-refractivity contribution is 6.33. The molecule has 0 saturated carbocycles. The molecular weight excluding hydrogens is 302 g/mol. The third-order valence-corrected chi connectivity index (χ3v) is 4.24. The van der Waals surface area contributed by atoms with Crippen LogP contribution in [0, 0.1) is 11.3 Å². The predicted octanol–water partition coefficient (Wildman–Crippen LogP) is 3.09. The smallest absolute Gasteiger partial charge is 0.250 e. The molecule has 0 aromatic carbocycles. The van der Waals surface area contributed by atoms with Crippen LogP contribution in [0.4, 0.5) is 5.82 Å². The third-order valence-electron chi connectivity index (χ3n) is 3.96. The standard InChI is InChI=1S/C16H24ClN3O2/c1-16(2,3)13-10(5-4-6-22-13)8-19-15-12(17)7-11(9-20-15)14(18)21/h7,9-10,13H,4-6,8H2,1-3H3,(H2,18,21)(H,19,20). The fourth-order valence-electron chi connectivity index (χ4n) is 2.94. The Labute approximate surface area is 136 Å². The number of nitrogens with two attached hydrogens (primary N) is 1. The number of pyridine rings is 1. The third kappa shape index (κ3) is 4.11. The number of amides is 1. The molecule has 1 aliphatic rings. The van der Waals surface area contributed by atoms with Gasteiger partial charge in [0.05, 0.1) is 16.7 Å². The first-order valence-corrected chi connectivity index (χ1v) is 7.97. The molecule has 2 unspecified atom stereocenters. The minimum Gasteiger partial charge on any atom is -0.377 e. The molecule has 0 bridgehead atoms. The first-order valence-electron chi connectivity index (χ1n) is 7.60. The van der Waals surface area contributed by atoms with Crippen molar-refractivity contribution in [2.24, 2.45) is 17.1 Å². The summed E-state index contributed by atoms with van der Waals surface area (Å²) in [4.78, 5) is 15.3. The number of nitrogens with zero attached hydrogens (tertiary/aromatic N) is 1. The van der Waals surface area contributed by atoms with Crippen molar-refractivity contribution in [2.75, 3.05) is 18.5 Å². The minimum absolute atomic E-state index is 0.0970. The van der Waals surface area contributed by atoms with Crippen molar-refractivity contribution in [2.45, 2.75) is 39.7 Å². The van der Waals surface area contributed by atoms with Crippen LogP contribution in [-0.4, -0.2) is 30.1 Å². The van der Waals surface area contributed by atoms with E-state index < -0.39 is 5.91 Å². The number of hydrogen-bond donors (Lipinski definition) is 2. The van der Waals surface area contributed by atoms with E-state index in [1.54, 1.807) is 0 Å². The zero-order valence-electron chi connectivity index (χ0n) is 13.4. The summed E-state index contributed by atoms with van der Waals surface area (Å²) >= 11 is 6.15. The molecule has 2 rings (SSSR count). The molecule has 122 valence electrons. The first-order chi connectivity index (χ1) is 10.3. The monoisotopic (exact) mass is 325 g/mol. The lowest BCUT2D eigenvalue weighted by molar-refractivity contribution is -0.0814. The molecular formula is C16H24ClN3O2. The van der Waals surface area contributed by atoms with Gasteiger partial charge in [0, 0.05) is 25.3 Å². The van der Waals surface area contributed by atoms with Gasteiger partial charge in [-0.3, -0.25) is 4.79 Å². The van der Waals surface area contributed by atoms with Crippen molar-refractivity contribution in [1.82, 2.24) is 4.98 Å². The summed E-state index contributed by atoms with van der Waals surface area (Å²) in [6, 6.07) is 1.54. The number of rotatable bonds is 4. The maximum absolute atomic E-state index is 11.1. The Morgan fingerprint density at radius 3 is 2.86 bits per heavy atom. The van der Waals surface area contributed by atoms with E-state index in [4.69, 9.17) is 22.1 Å². The number of hydrogen-bond acceptors (Lipinski definition) is 4. The SMILES string of the molecule is CC(C)(C)C1OCCCC1CNc1ncc(C(N)=O)cc1Cl. The van der Waals surface area contributed by atoms with Gasteiger partial charge >= 0.3 is 0 Å². The summed E-state index contributed by atoms with van der Waals surface area (Å²) in [6.45, 7) is 8.16. The number of primary amides is 1. The van der Waals surface area contributed by atoms with Gasteiger partial charge in [-0.2, -0.15) is 0 Å². The predicted molar refractivity (Wildman–Crippen MR) is 88.2 cm³/mol. The zero-order valence-corrected chi connectivity index (χ0v) is 14.1. The lowest BCUT2D eigenvalue weighted by Crippen LogP contribution is -2.42. The van der Waals surface area contributed by atoms with Crippen molar-refractivity contribution >= 4 is 23.3 Å². The van der Waals surface area contributed by atoms with Crippen molar-refractivity contribution in [3.8, 4) is 0 Å². The fourth-order valence-corrected chi connectivity index (χ4v) is 3.17. The average molecular weight is 326 g/mol. The van der Waals surface area contributed by atoms with Crippen molar-refractivity contribution < 1.29 is 9.53 Å². The molecule has 22 heavy (non-hydrogen) atoms. The highest BCUT2D eigenvalue weighted by Gasteiger charge is 2.35. The molecule has 1 saturated heterocycles. The van der Waals surface area contributed by atoms with Crippen LogP contribution < -0.4 is 11.1 Å². The van der Waals surface area contributed by atoms with Crippen LogP contribution in [-0.2, 0) is 4.74 Å². The molecule has 1 aromatic rings. The molecule has 0 radical (unpaired) electrons. The molecule has 0 spiro atoms. The second kappa shape index (κ2) is 6.84. The van der Waals surface area contributed by atoms with E-state index >= 15 is 0 Å². The van der Waals surface area contributed by atoms with Gasteiger partial charge < -0.3 is 15.8 Å². The second-order valence-corrected chi connectivity index (χ2v) is 7.27. The normalized spacial score (nSPS) is 22.4. The second-order valence-electron chi connectivity index (χ2n) is 6.86. The maximum Gasteiger partial charge on any atom is 0.250 e. The maximum atomic E-state index is 11.1. The Hall–Kier alpha value is -1.33. The molecule has 2 heterocycles. The van der Waals surface area contributed by atoms with Crippen molar-refractivity contribution in [3.63, 3.8) is 0 Å². The molecule has 1 aliphatic heterocycles. The largest absolute Gasteiger partial charge is 0.377 e. The van der Waals surface area contributed by atoms with E-state index in [9.17, 15) is 4.79 Å². The number of halogens is 1. The molecule has 1 fully saturated rings. The average Bonchev–Trinajstić information content (AvgIpc) is 2.45.